The van der Waals surface area contributed by atoms with Crippen LogP contribution in [0.3, 0.4) is 0 Å². The normalized spacial score (nSPS) is 13.0. The molecule has 0 aliphatic carbocycles. The fourth-order valence-electron chi connectivity index (χ4n) is 9.84. The summed E-state index contributed by atoms with van der Waals surface area (Å²) in [6.07, 6.45) is 74.7. The van der Waals surface area contributed by atoms with Crippen molar-refractivity contribution in [2.75, 3.05) is 47.5 Å². The fraction of sp³-hybridized carbons (Fsp3) is 0.843. The van der Waals surface area contributed by atoms with Crippen LogP contribution >= 0.6 is 0 Å². The number of ether oxygens (including phenoxy) is 4. The molecule has 0 aromatic heterocycles. The van der Waals surface area contributed by atoms with Crippen molar-refractivity contribution in [3.8, 4) is 0 Å². The van der Waals surface area contributed by atoms with Crippen molar-refractivity contribution in [3.63, 3.8) is 0 Å². The number of hydrogen-bond acceptors (Lipinski definition) is 8. The third-order valence-electron chi connectivity index (χ3n) is 15.0. The maximum atomic E-state index is 12.9. The number of carboxylic acids is 1. The molecule has 0 saturated carbocycles. The number of nitrogens with zero attached hydrogens (tertiary/aromatic N) is 1. The summed E-state index contributed by atoms with van der Waals surface area (Å²) in [7, 11) is 5.93. The van der Waals surface area contributed by atoms with Gasteiger partial charge in [0, 0.05) is 12.8 Å². The topological polar surface area (TPSA) is 111 Å². The predicted molar refractivity (Wildman–Crippen MR) is 334 cm³/mol. The Balaban J connectivity index is 4.12. The Morgan fingerprint density at radius 3 is 1.03 bits per heavy atom. The lowest BCUT2D eigenvalue weighted by Gasteiger charge is -2.26. The van der Waals surface area contributed by atoms with Crippen molar-refractivity contribution in [1.82, 2.24) is 0 Å². The van der Waals surface area contributed by atoms with Crippen LogP contribution in [0.5, 0.6) is 0 Å². The molecule has 0 spiro atoms. The van der Waals surface area contributed by atoms with E-state index in [1.54, 1.807) is 0 Å². The molecule has 0 radical (unpaired) electrons. The number of esters is 2. The van der Waals surface area contributed by atoms with Crippen LogP contribution < -0.4 is 5.11 Å². The summed E-state index contributed by atoms with van der Waals surface area (Å²) in [5.41, 5.74) is 0. The van der Waals surface area contributed by atoms with E-state index in [9.17, 15) is 19.5 Å². The summed E-state index contributed by atoms with van der Waals surface area (Å²) < 4.78 is 22.8. The lowest BCUT2D eigenvalue weighted by molar-refractivity contribution is -0.870. The monoisotopic (exact) mass is 1110 g/mol. The van der Waals surface area contributed by atoms with Gasteiger partial charge >= 0.3 is 11.9 Å². The molecule has 79 heavy (non-hydrogen) atoms. The largest absolute Gasteiger partial charge is 0.545 e. The molecule has 0 rings (SSSR count). The Morgan fingerprint density at radius 1 is 0.380 bits per heavy atom. The molecule has 462 valence electrons. The van der Waals surface area contributed by atoms with Crippen molar-refractivity contribution < 1.29 is 42.9 Å². The van der Waals surface area contributed by atoms with Gasteiger partial charge in [-0.1, -0.05) is 281 Å². The molecule has 0 aromatic carbocycles. The van der Waals surface area contributed by atoms with Gasteiger partial charge < -0.3 is 33.3 Å². The summed E-state index contributed by atoms with van der Waals surface area (Å²) in [4.78, 5) is 37.4. The van der Waals surface area contributed by atoms with Gasteiger partial charge in [0.2, 0.25) is 0 Å². The van der Waals surface area contributed by atoms with Gasteiger partial charge in [0.15, 0.2) is 12.4 Å². The molecule has 0 bridgehead atoms. The molecule has 0 N–H and O–H groups in total. The Morgan fingerprint density at radius 2 is 0.684 bits per heavy atom. The zero-order valence-corrected chi connectivity index (χ0v) is 52.8. The standard InChI is InChI=1S/C70H129NO8/c1-6-8-10-12-14-16-18-20-22-24-26-28-30-32-33-34-35-37-38-40-42-44-46-48-50-52-54-56-58-60-67(72)77-64-66(65-78-70(69(74)75)76-63-62-71(3,4)5)79-68(73)61-59-57-55-53-51-49-47-45-43-41-39-36-31-29-27-25-23-21-19-17-15-13-11-9-7-2/h19,21,24-27,31,36,66,70H,6-18,20,22-23,28-30,32-35,37-65H2,1-5H3/b21-19-,26-24-,27-25-,36-31-. The maximum absolute atomic E-state index is 12.9. The number of carboxylic acid groups (broad SMARTS) is 1. The average molecular weight is 1110 g/mol. The number of unbranched alkanes of at least 4 members (excludes halogenated alkanes) is 40. The first-order chi connectivity index (χ1) is 38.6. The molecule has 9 heteroatoms. The first kappa shape index (κ1) is 76.2. The van der Waals surface area contributed by atoms with E-state index in [2.05, 4.69) is 62.5 Å². The first-order valence-corrected chi connectivity index (χ1v) is 33.8. The van der Waals surface area contributed by atoms with Crippen molar-refractivity contribution in [1.29, 1.82) is 0 Å². The predicted octanol–water partition coefficient (Wildman–Crippen LogP) is 19.2. The Bertz CT molecular complexity index is 1430. The minimum Gasteiger partial charge on any atom is -0.545 e. The lowest BCUT2D eigenvalue weighted by atomic mass is 10.0. The highest BCUT2D eigenvalue weighted by atomic mass is 16.7. The molecule has 0 aliphatic heterocycles. The van der Waals surface area contributed by atoms with Gasteiger partial charge in [0.05, 0.1) is 40.3 Å². The number of rotatable bonds is 63. The van der Waals surface area contributed by atoms with Gasteiger partial charge in [-0.15, -0.1) is 0 Å². The van der Waals surface area contributed by atoms with Gasteiger partial charge in [-0.3, -0.25) is 9.59 Å². The molecule has 9 nitrogen and oxygen atoms in total. The molecule has 0 aliphatic rings. The minimum atomic E-state index is -1.62. The number of hydrogen-bond donors (Lipinski definition) is 0. The van der Waals surface area contributed by atoms with E-state index >= 15 is 0 Å². The summed E-state index contributed by atoms with van der Waals surface area (Å²) in [6, 6.07) is 0. The molecule has 0 fully saturated rings. The Labute approximate surface area is 489 Å². The quantitative estimate of drug-likeness (QED) is 0.0195. The molecule has 2 atom stereocenters. The summed E-state index contributed by atoms with van der Waals surface area (Å²) >= 11 is 0. The van der Waals surface area contributed by atoms with Crippen LogP contribution in [0, 0.1) is 0 Å². The smallest absolute Gasteiger partial charge is 0.306 e. The fourth-order valence-corrected chi connectivity index (χ4v) is 9.84. The molecule has 0 saturated heterocycles. The van der Waals surface area contributed by atoms with Crippen LogP contribution in [-0.4, -0.2) is 82.3 Å². The van der Waals surface area contributed by atoms with E-state index in [1.807, 2.05) is 21.1 Å². The molecule has 0 aromatic rings. The molecular formula is C70H129NO8. The van der Waals surface area contributed by atoms with Crippen LogP contribution in [0.15, 0.2) is 48.6 Å². The van der Waals surface area contributed by atoms with Gasteiger partial charge in [-0.25, -0.2) is 0 Å². The second-order valence-corrected chi connectivity index (χ2v) is 24.1. The van der Waals surface area contributed by atoms with Crippen molar-refractivity contribution in [2.24, 2.45) is 0 Å². The minimum absolute atomic E-state index is 0.147. The highest BCUT2D eigenvalue weighted by molar-refractivity contribution is 5.70. The van der Waals surface area contributed by atoms with Crippen LogP contribution in [-0.2, 0) is 33.3 Å². The number of quaternary nitrogens is 1. The van der Waals surface area contributed by atoms with Crippen LogP contribution in [0.25, 0.3) is 0 Å². The van der Waals surface area contributed by atoms with E-state index in [0.29, 0.717) is 23.9 Å². The second-order valence-electron chi connectivity index (χ2n) is 24.1. The molecular weight excluding hydrogens is 983 g/mol. The molecule has 0 heterocycles. The zero-order chi connectivity index (χ0) is 57.6. The van der Waals surface area contributed by atoms with Gasteiger partial charge in [0.1, 0.15) is 13.2 Å². The van der Waals surface area contributed by atoms with Crippen molar-refractivity contribution in [3.05, 3.63) is 48.6 Å². The third kappa shape index (κ3) is 62.7. The summed E-state index contributed by atoms with van der Waals surface area (Å²) in [5.74, 6) is -2.27. The number of likely N-dealkylation sites (N-methyl/N-ethyl adjacent to an activating group) is 1. The SMILES string of the molecule is CCCCCCC/C=C\C/C=C\C/C=C\CCCCCCCCCCCCC(=O)OC(COC(=O)CCCCCCCCCCCCCCCCCCC/C=C\CCCCCCCCCC)COC(OCC[N+](C)(C)C)C(=O)[O-]. The van der Waals surface area contributed by atoms with Crippen LogP contribution in [0.2, 0.25) is 0 Å². The molecule has 2 unspecified atom stereocenters. The van der Waals surface area contributed by atoms with E-state index in [1.165, 1.54) is 231 Å². The summed E-state index contributed by atoms with van der Waals surface area (Å²) in [5, 5.41) is 11.8. The number of carbonyl (C=O) groups is 3. The van der Waals surface area contributed by atoms with E-state index in [-0.39, 0.29) is 32.2 Å². The number of carbonyl (C=O) groups excluding carboxylic acids is 3. The van der Waals surface area contributed by atoms with E-state index in [4.69, 9.17) is 18.9 Å². The molecule has 0 amide bonds. The third-order valence-corrected chi connectivity index (χ3v) is 15.0. The van der Waals surface area contributed by atoms with Crippen molar-refractivity contribution in [2.45, 2.75) is 334 Å². The van der Waals surface area contributed by atoms with Crippen LogP contribution in [0.4, 0.5) is 0 Å². The van der Waals surface area contributed by atoms with E-state index in [0.717, 1.165) is 57.8 Å². The Kier molecular flexibility index (Phi) is 59.2. The lowest BCUT2D eigenvalue weighted by Crippen LogP contribution is -2.44. The van der Waals surface area contributed by atoms with Crippen molar-refractivity contribution >= 4 is 17.9 Å². The highest BCUT2D eigenvalue weighted by Gasteiger charge is 2.22. The van der Waals surface area contributed by atoms with Gasteiger partial charge in [-0.2, -0.15) is 0 Å². The number of allylic oxidation sites excluding steroid dienone is 8. The highest BCUT2D eigenvalue weighted by Crippen LogP contribution is 2.18. The van der Waals surface area contributed by atoms with E-state index < -0.39 is 24.3 Å². The summed E-state index contributed by atoms with van der Waals surface area (Å²) in [6.45, 7) is 4.78. The van der Waals surface area contributed by atoms with Gasteiger partial charge in [-0.05, 0) is 77.0 Å². The second kappa shape index (κ2) is 61.3. The number of aliphatic carboxylic acids is 1. The van der Waals surface area contributed by atoms with Gasteiger partial charge in [0.25, 0.3) is 0 Å². The maximum Gasteiger partial charge on any atom is 0.306 e. The Hall–Kier alpha value is -2.75. The zero-order valence-electron chi connectivity index (χ0n) is 52.8. The first-order valence-electron chi connectivity index (χ1n) is 33.8. The van der Waals surface area contributed by atoms with Crippen LogP contribution in [0.1, 0.15) is 322 Å². The average Bonchev–Trinajstić information content (AvgIpc) is 3.42.